The summed E-state index contributed by atoms with van der Waals surface area (Å²) in [6.45, 7) is 2.03. The molecule has 1 amide bonds. The van der Waals surface area contributed by atoms with Crippen LogP contribution < -0.4 is 19.1 Å². The average Bonchev–Trinajstić information content (AvgIpc) is 2.83. The number of nitrogens with zero attached hydrogens (tertiary/aromatic N) is 4. The zero-order valence-electron chi connectivity index (χ0n) is 17.9. The van der Waals surface area contributed by atoms with Crippen LogP contribution in [0.4, 0.5) is 5.82 Å². The number of carbonyl (C=O) groups is 1. The first-order valence-corrected chi connectivity index (χ1v) is 11.5. The number of hydrogen-bond acceptors (Lipinski definition) is 8. The largest absolute Gasteiger partial charge is 0.493 e. The Bertz CT molecular complexity index is 1110. The van der Waals surface area contributed by atoms with E-state index in [1.165, 1.54) is 32.4 Å². The van der Waals surface area contributed by atoms with E-state index in [2.05, 4.69) is 15.8 Å². The summed E-state index contributed by atoms with van der Waals surface area (Å²) in [5.74, 6) is 1.20. The molecule has 1 N–H and O–H groups in total. The van der Waals surface area contributed by atoms with E-state index in [4.69, 9.17) is 9.47 Å². The molecule has 1 fully saturated rings. The first kappa shape index (κ1) is 23.3. The number of nitriles is 1. The molecular weight excluding hydrogens is 434 g/mol. The van der Waals surface area contributed by atoms with Crippen LogP contribution in [0.15, 0.2) is 41.4 Å². The number of aromatic nitrogens is 1. The third-order valence-corrected chi connectivity index (χ3v) is 6.59. The Morgan fingerprint density at radius 1 is 1.16 bits per heavy atom. The molecule has 0 aliphatic carbocycles. The lowest BCUT2D eigenvalue weighted by atomic mass is 10.2. The number of pyridine rings is 1. The number of carbonyl (C=O) groups excluding carboxylic acids is 1. The van der Waals surface area contributed by atoms with Crippen LogP contribution in [0.1, 0.15) is 12.0 Å². The Morgan fingerprint density at radius 3 is 2.53 bits per heavy atom. The fourth-order valence-electron chi connectivity index (χ4n) is 3.42. The van der Waals surface area contributed by atoms with Gasteiger partial charge in [0.15, 0.2) is 11.5 Å². The normalized spacial score (nSPS) is 14.0. The maximum absolute atomic E-state index is 12.5. The van der Waals surface area contributed by atoms with Crippen molar-refractivity contribution in [1.82, 2.24) is 14.6 Å². The number of anilines is 1. The highest BCUT2D eigenvalue weighted by Crippen LogP contribution is 2.29. The van der Waals surface area contributed by atoms with Gasteiger partial charge < -0.3 is 19.3 Å². The Hall–Kier alpha value is -3.36. The molecule has 2 heterocycles. The zero-order valence-corrected chi connectivity index (χ0v) is 18.8. The molecule has 32 heavy (non-hydrogen) atoms. The molecule has 0 unspecified atom stereocenters. The summed E-state index contributed by atoms with van der Waals surface area (Å²) < 4.78 is 37.8. The van der Waals surface area contributed by atoms with Crippen molar-refractivity contribution in [2.75, 3.05) is 51.8 Å². The van der Waals surface area contributed by atoms with Crippen LogP contribution in [-0.4, -0.2) is 71.2 Å². The molecular formula is C21H25N5O5S. The van der Waals surface area contributed by atoms with Crippen LogP contribution in [-0.2, 0) is 14.8 Å². The van der Waals surface area contributed by atoms with E-state index in [9.17, 15) is 18.5 Å². The van der Waals surface area contributed by atoms with E-state index in [0.29, 0.717) is 49.1 Å². The van der Waals surface area contributed by atoms with E-state index in [0.717, 1.165) is 0 Å². The minimum Gasteiger partial charge on any atom is -0.493 e. The van der Waals surface area contributed by atoms with Crippen molar-refractivity contribution in [2.24, 2.45) is 0 Å². The number of ether oxygens (including phenoxy) is 2. The molecule has 0 radical (unpaired) electrons. The second-order valence-electron chi connectivity index (χ2n) is 7.02. The van der Waals surface area contributed by atoms with Crippen LogP contribution in [0, 0.1) is 11.3 Å². The quantitative estimate of drug-likeness (QED) is 0.620. The Balaban J connectivity index is 1.52. The highest BCUT2D eigenvalue weighted by Gasteiger charge is 2.24. The number of methoxy groups -OCH3 is 2. The highest BCUT2D eigenvalue weighted by molar-refractivity contribution is 7.89. The molecule has 10 nitrogen and oxygen atoms in total. The highest BCUT2D eigenvalue weighted by atomic mass is 32.2. The van der Waals surface area contributed by atoms with Crippen LogP contribution >= 0.6 is 0 Å². The van der Waals surface area contributed by atoms with Crippen molar-refractivity contribution in [3.05, 3.63) is 42.1 Å². The van der Waals surface area contributed by atoms with E-state index in [1.807, 2.05) is 4.90 Å². The van der Waals surface area contributed by atoms with Crippen molar-refractivity contribution in [1.29, 1.82) is 5.26 Å². The Morgan fingerprint density at radius 2 is 1.88 bits per heavy atom. The van der Waals surface area contributed by atoms with E-state index in [1.54, 1.807) is 23.2 Å². The molecule has 3 rings (SSSR count). The fraction of sp³-hybridized carbons (Fsp3) is 0.381. The maximum atomic E-state index is 12.5. The first-order valence-electron chi connectivity index (χ1n) is 9.99. The molecule has 0 bridgehead atoms. The van der Waals surface area contributed by atoms with Gasteiger partial charge in [0.1, 0.15) is 11.9 Å². The predicted octanol–water partition coefficient (Wildman–Crippen LogP) is 0.988. The van der Waals surface area contributed by atoms with Crippen molar-refractivity contribution in [3.63, 3.8) is 0 Å². The lowest BCUT2D eigenvalue weighted by molar-refractivity contribution is -0.131. The average molecular weight is 460 g/mol. The molecule has 0 saturated carbocycles. The van der Waals surface area contributed by atoms with Gasteiger partial charge in [-0.1, -0.05) is 0 Å². The Kier molecular flexibility index (Phi) is 7.50. The molecule has 2 aromatic rings. The number of rotatable bonds is 8. The van der Waals surface area contributed by atoms with Gasteiger partial charge in [0.05, 0.1) is 24.7 Å². The summed E-state index contributed by atoms with van der Waals surface area (Å²) in [5.41, 5.74) is 0.497. The SMILES string of the molecule is COc1ccc(S(=O)(=O)NCCC(=O)N2CCN(c3ncccc3C#N)CC2)cc1OC. The summed E-state index contributed by atoms with van der Waals surface area (Å²) in [6, 6.07) is 9.85. The molecule has 1 saturated heterocycles. The van der Waals surface area contributed by atoms with Gasteiger partial charge in [-0.25, -0.2) is 18.1 Å². The number of benzene rings is 1. The Labute approximate surface area is 187 Å². The monoisotopic (exact) mass is 459 g/mol. The third-order valence-electron chi connectivity index (χ3n) is 5.14. The molecule has 1 aromatic heterocycles. The second-order valence-corrected chi connectivity index (χ2v) is 8.79. The summed E-state index contributed by atoms with van der Waals surface area (Å²) in [4.78, 5) is 20.5. The summed E-state index contributed by atoms with van der Waals surface area (Å²) in [7, 11) is -0.908. The molecule has 0 atom stereocenters. The van der Waals surface area contributed by atoms with Crippen molar-refractivity contribution >= 4 is 21.7 Å². The maximum Gasteiger partial charge on any atom is 0.240 e. The van der Waals surface area contributed by atoms with Crippen LogP contribution in [0.3, 0.4) is 0 Å². The molecule has 1 aliphatic heterocycles. The second kappa shape index (κ2) is 10.3. The van der Waals surface area contributed by atoms with Crippen molar-refractivity contribution in [2.45, 2.75) is 11.3 Å². The van der Waals surface area contributed by atoms with Crippen LogP contribution in [0.2, 0.25) is 0 Å². The van der Waals surface area contributed by atoms with Crippen LogP contribution in [0.25, 0.3) is 0 Å². The summed E-state index contributed by atoms with van der Waals surface area (Å²) in [6.07, 6.45) is 1.68. The van der Waals surface area contributed by atoms with Gasteiger partial charge in [0.2, 0.25) is 15.9 Å². The third kappa shape index (κ3) is 5.27. The van der Waals surface area contributed by atoms with Gasteiger partial charge >= 0.3 is 0 Å². The van der Waals surface area contributed by atoms with Gasteiger partial charge in [-0.2, -0.15) is 5.26 Å². The van der Waals surface area contributed by atoms with Gasteiger partial charge in [-0.3, -0.25) is 4.79 Å². The van der Waals surface area contributed by atoms with Gasteiger partial charge in [0.25, 0.3) is 0 Å². The number of amides is 1. The summed E-state index contributed by atoms with van der Waals surface area (Å²) >= 11 is 0. The molecule has 170 valence electrons. The lowest BCUT2D eigenvalue weighted by Gasteiger charge is -2.35. The van der Waals surface area contributed by atoms with E-state index < -0.39 is 10.0 Å². The van der Waals surface area contributed by atoms with Gasteiger partial charge in [-0.05, 0) is 24.3 Å². The smallest absolute Gasteiger partial charge is 0.240 e. The lowest BCUT2D eigenvalue weighted by Crippen LogP contribution is -2.49. The number of piperazine rings is 1. The topological polar surface area (TPSA) is 125 Å². The number of sulfonamides is 1. The van der Waals surface area contributed by atoms with E-state index in [-0.39, 0.29) is 23.8 Å². The molecule has 0 spiro atoms. The molecule has 11 heteroatoms. The van der Waals surface area contributed by atoms with Crippen molar-refractivity contribution < 1.29 is 22.7 Å². The minimum absolute atomic E-state index is 0.0193. The van der Waals surface area contributed by atoms with Crippen LogP contribution in [0.5, 0.6) is 11.5 Å². The van der Waals surface area contributed by atoms with E-state index >= 15 is 0 Å². The van der Waals surface area contributed by atoms with Crippen molar-refractivity contribution in [3.8, 4) is 17.6 Å². The van der Waals surface area contributed by atoms with Gasteiger partial charge in [-0.15, -0.1) is 0 Å². The standard InChI is InChI=1S/C21H25N5O5S/c1-30-18-6-5-17(14-19(18)31-2)32(28,29)24-9-7-20(27)25-10-12-26(13-11-25)21-16(15-22)4-3-8-23-21/h3-6,8,14,24H,7,9-13H2,1-2H3. The number of hydrogen-bond donors (Lipinski definition) is 1. The number of nitrogens with one attached hydrogen (secondary N) is 1. The zero-order chi connectivity index (χ0) is 23.1. The first-order chi connectivity index (χ1) is 15.4. The summed E-state index contributed by atoms with van der Waals surface area (Å²) in [5, 5.41) is 9.24. The predicted molar refractivity (Wildman–Crippen MR) is 117 cm³/mol. The molecule has 1 aliphatic rings. The minimum atomic E-state index is -3.80. The fourth-order valence-corrected chi connectivity index (χ4v) is 4.47. The van der Waals surface area contributed by atoms with Gasteiger partial charge in [0, 0.05) is 51.4 Å². The molecule has 1 aromatic carbocycles.